The van der Waals surface area contributed by atoms with Crippen LogP contribution in [-0.2, 0) is 13.6 Å². The summed E-state index contributed by atoms with van der Waals surface area (Å²) < 4.78 is 2.04. The summed E-state index contributed by atoms with van der Waals surface area (Å²) in [6.07, 6.45) is 2.04. The lowest BCUT2D eigenvalue weighted by molar-refractivity contribution is 0.198. The largest absolute Gasteiger partial charge is 0.335 e. The van der Waals surface area contributed by atoms with Crippen molar-refractivity contribution in [2.45, 2.75) is 39.3 Å². The third-order valence-corrected chi connectivity index (χ3v) is 4.91. The third kappa shape index (κ3) is 3.70. The molecule has 1 aliphatic heterocycles. The fraction of sp³-hybridized carbons (Fsp3) is 0.556. The number of nitrogens with zero attached hydrogens (tertiary/aromatic N) is 3. The quantitative estimate of drug-likeness (QED) is 0.904. The van der Waals surface area contributed by atoms with Crippen molar-refractivity contribution < 1.29 is 4.79 Å². The van der Waals surface area contributed by atoms with E-state index in [4.69, 9.17) is 0 Å². The minimum atomic E-state index is -0.104. The lowest BCUT2D eigenvalue weighted by Crippen LogP contribution is -2.47. The van der Waals surface area contributed by atoms with E-state index >= 15 is 0 Å². The summed E-state index contributed by atoms with van der Waals surface area (Å²) in [7, 11) is 1.99. The average Bonchev–Trinajstić information content (AvgIpc) is 2.89. The maximum atomic E-state index is 12.1. The molecule has 0 radical (unpaired) electrons. The van der Waals surface area contributed by atoms with Gasteiger partial charge in [0.2, 0.25) is 0 Å². The van der Waals surface area contributed by atoms with E-state index in [9.17, 15) is 4.79 Å². The van der Waals surface area contributed by atoms with Crippen molar-refractivity contribution in [2.75, 3.05) is 19.6 Å². The topological polar surface area (TPSA) is 62.2 Å². The molecule has 1 aromatic carbocycles. The Morgan fingerprint density at radius 3 is 2.79 bits per heavy atom. The lowest BCUT2D eigenvalue weighted by atomic mass is 10.1. The Balaban J connectivity index is 1.54. The predicted molar refractivity (Wildman–Crippen MR) is 96.0 cm³/mol. The van der Waals surface area contributed by atoms with Crippen molar-refractivity contribution in [3.63, 3.8) is 0 Å². The molecule has 2 amide bonds. The minimum absolute atomic E-state index is 0.104. The zero-order chi connectivity index (χ0) is 17.1. The summed E-state index contributed by atoms with van der Waals surface area (Å²) in [6.45, 7) is 7.88. The normalized spacial score (nSPS) is 16.5. The number of carbonyl (C=O) groups excluding carboxylic acids is 1. The number of hydrogen-bond acceptors (Lipinski definition) is 3. The zero-order valence-corrected chi connectivity index (χ0v) is 14.8. The fourth-order valence-electron chi connectivity index (χ4n) is 3.31. The maximum absolute atomic E-state index is 12.1. The van der Waals surface area contributed by atoms with Crippen molar-refractivity contribution in [3.8, 4) is 0 Å². The van der Waals surface area contributed by atoms with Gasteiger partial charge >= 0.3 is 6.03 Å². The average molecular weight is 329 g/mol. The molecule has 0 atom stereocenters. The van der Waals surface area contributed by atoms with Crippen LogP contribution in [0.5, 0.6) is 0 Å². The molecule has 1 aliphatic rings. The molecular formula is C18H27N5O. The van der Waals surface area contributed by atoms with E-state index in [1.54, 1.807) is 0 Å². The third-order valence-electron chi connectivity index (χ3n) is 4.91. The Labute approximate surface area is 143 Å². The number of rotatable bonds is 4. The van der Waals surface area contributed by atoms with Gasteiger partial charge in [-0.1, -0.05) is 13.0 Å². The van der Waals surface area contributed by atoms with E-state index in [1.807, 2.05) is 11.6 Å². The number of likely N-dealkylation sites (tertiary alicyclic amines) is 1. The van der Waals surface area contributed by atoms with E-state index in [2.05, 4.69) is 52.6 Å². The van der Waals surface area contributed by atoms with Gasteiger partial charge in [-0.2, -0.15) is 0 Å². The van der Waals surface area contributed by atoms with E-state index in [0.717, 1.165) is 49.3 Å². The molecule has 3 rings (SSSR count). The van der Waals surface area contributed by atoms with Crippen molar-refractivity contribution in [2.24, 2.45) is 7.05 Å². The number of aryl methyl sites for hydroxylation is 2. The molecular weight excluding hydrogens is 302 g/mol. The van der Waals surface area contributed by atoms with E-state index in [1.165, 1.54) is 5.56 Å². The predicted octanol–water partition coefficient (Wildman–Crippen LogP) is 2.17. The standard InChI is InChI=1S/C18H27N5O/c1-4-23-9-7-14(8-10-23)20-18(24)19-12-17-21-15-11-13(2)5-6-16(15)22(17)3/h5-6,11,14H,4,7-10,12H2,1-3H3,(H2,19,20,24). The Bertz CT molecular complexity index is 716. The lowest BCUT2D eigenvalue weighted by Gasteiger charge is -2.31. The van der Waals surface area contributed by atoms with Crippen molar-refractivity contribution in [3.05, 3.63) is 29.6 Å². The van der Waals surface area contributed by atoms with Crippen LogP contribution in [0.15, 0.2) is 18.2 Å². The highest BCUT2D eigenvalue weighted by molar-refractivity contribution is 5.77. The molecule has 24 heavy (non-hydrogen) atoms. The number of carbonyl (C=O) groups is 1. The summed E-state index contributed by atoms with van der Waals surface area (Å²) in [5.41, 5.74) is 3.25. The first kappa shape index (κ1) is 16.8. The molecule has 2 heterocycles. The highest BCUT2D eigenvalue weighted by atomic mass is 16.2. The maximum Gasteiger partial charge on any atom is 0.315 e. The number of amides is 2. The van der Waals surface area contributed by atoms with Gasteiger partial charge in [0.05, 0.1) is 17.6 Å². The smallest absolute Gasteiger partial charge is 0.315 e. The zero-order valence-electron chi connectivity index (χ0n) is 14.8. The molecule has 0 aliphatic carbocycles. The molecule has 130 valence electrons. The van der Waals surface area contributed by atoms with Crippen LogP contribution < -0.4 is 10.6 Å². The highest BCUT2D eigenvalue weighted by Crippen LogP contribution is 2.16. The SMILES string of the molecule is CCN1CCC(NC(=O)NCc2nc3cc(C)ccc3n2C)CC1. The van der Waals surface area contributed by atoms with Crippen LogP contribution in [0.3, 0.4) is 0 Å². The molecule has 0 spiro atoms. The van der Waals surface area contributed by atoms with Crippen LogP contribution in [0.1, 0.15) is 31.2 Å². The molecule has 1 saturated heterocycles. The van der Waals surface area contributed by atoms with Gasteiger partial charge in [-0.25, -0.2) is 9.78 Å². The van der Waals surface area contributed by atoms with Crippen LogP contribution in [0.4, 0.5) is 4.79 Å². The van der Waals surface area contributed by atoms with Gasteiger partial charge in [-0.15, -0.1) is 0 Å². The summed E-state index contributed by atoms with van der Waals surface area (Å²) in [4.78, 5) is 19.2. The molecule has 0 saturated carbocycles. The van der Waals surface area contributed by atoms with Gasteiger partial charge in [0.15, 0.2) is 0 Å². The minimum Gasteiger partial charge on any atom is -0.335 e. The second-order valence-electron chi connectivity index (χ2n) is 6.61. The number of aromatic nitrogens is 2. The fourth-order valence-corrected chi connectivity index (χ4v) is 3.31. The number of hydrogen-bond donors (Lipinski definition) is 2. The Hall–Kier alpha value is -2.08. The van der Waals surface area contributed by atoms with Crippen molar-refractivity contribution in [1.29, 1.82) is 0 Å². The second-order valence-corrected chi connectivity index (χ2v) is 6.61. The number of urea groups is 1. The molecule has 6 heteroatoms. The molecule has 6 nitrogen and oxygen atoms in total. The van der Waals surface area contributed by atoms with Crippen LogP contribution in [0.25, 0.3) is 11.0 Å². The van der Waals surface area contributed by atoms with Gasteiger partial charge < -0.3 is 20.1 Å². The Kier molecular flexibility index (Phi) is 5.04. The van der Waals surface area contributed by atoms with Gasteiger partial charge in [0.25, 0.3) is 0 Å². The van der Waals surface area contributed by atoms with Crippen molar-refractivity contribution >= 4 is 17.1 Å². The molecule has 0 unspecified atom stereocenters. The number of fused-ring (bicyclic) bond motifs is 1. The van der Waals surface area contributed by atoms with Gasteiger partial charge in [-0.05, 0) is 44.0 Å². The van der Waals surface area contributed by atoms with Gasteiger partial charge in [-0.3, -0.25) is 0 Å². The number of imidazole rings is 1. The first-order chi connectivity index (χ1) is 11.6. The summed E-state index contributed by atoms with van der Waals surface area (Å²) in [6, 6.07) is 6.39. The first-order valence-corrected chi connectivity index (χ1v) is 8.75. The monoisotopic (exact) mass is 329 g/mol. The summed E-state index contributed by atoms with van der Waals surface area (Å²) >= 11 is 0. The van der Waals surface area contributed by atoms with Crippen LogP contribution in [-0.4, -0.2) is 46.2 Å². The van der Waals surface area contributed by atoms with E-state index in [0.29, 0.717) is 6.54 Å². The molecule has 2 aromatic rings. The van der Waals surface area contributed by atoms with E-state index in [-0.39, 0.29) is 12.1 Å². The summed E-state index contributed by atoms with van der Waals surface area (Å²) in [5, 5.41) is 6.02. The van der Waals surface area contributed by atoms with E-state index < -0.39 is 0 Å². The van der Waals surface area contributed by atoms with Gasteiger partial charge in [0, 0.05) is 26.2 Å². The number of piperidine rings is 1. The van der Waals surface area contributed by atoms with Crippen LogP contribution in [0, 0.1) is 6.92 Å². The molecule has 2 N–H and O–H groups in total. The number of benzene rings is 1. The van der Waals surface area contributed by atoms with Gasteiger partial charge in [0.1, 0.15) is 5.82 Å². The second kappa shape index (κ2) is 7.21. The van der Waals surface area contributed by atoms with Crippen LogP contribution in [0.2, 0.25) is 0 Å². The molecule has 1 fully saturated rings. The summed E-state index contributed by atoms with van der Waals surface area (Å²) in [5.74, 6) is 0.867. The molecule has 0 bridgehead atoms. The Morgan fingerprint density at radius 1 is 1.33 bits per heavy atom. The first-order valence-electron chi connectivity index (χ1n) is 8.75. The van der Waals surface area contributed by atoms with Crippen molar-refractivity contribution in [1.82, 2.24) is 25.1 Å². The molecule has 1 aromatic heterocycles. The Morgan fingerprint density at radius 2 is 2.08 bits per heavy atom. The van der Waals surface area contributed by atoms with Crippen LogP contribution >= 0.6 is 0 Å². The number of nitrogens with one attached hydrogen (secondary N) is 2. The highest BCUT2D eigenvalue weighted by Gasteiger charge is 2.19.